The van der Waals surface area contributed by atoms with Gasteiger partial charge < -0.3 is 15.2 Å². The van der Waals surface area contributed by atoms with E-state index < -0.39 is 0 Å². The van der Waals surface area contributed by atoms with Gasteiger partial charge in [-0.05, 0) is 18.6 Å². The fraction of sp³-hybridized carbons (Fsp3) is 0.417. The lowest BCUT2D eigenvalue weighted by Gasteiger charge is -2.07. The van der Waals surface area contributed by atoms with Gasteiger partial charge in [0.25, 0.3) is 0 Å². The molecular weight excluding hydrogens is 204 g/mol. The lowest BCUT2D eigenvalue weighted by Crippen LogP contribution is -2.07. The van der Waals surface area contributed by atoms with Crippen LogP contribution in [0.1, 0.15) is 18.9 Å². The van der Waals surface area contributed by atoms with Crippen LogP contribution in [0.25, 0.3) is 0 Å². The zero-order chi connectivity index (χ0) is 11.8. The van der Waals surface area contributed by atoms with Crippen LogP contribution in [0.5, 0.6) is 5.75 Å². The third kappa shape index (κ3) is 3.79. The van der Waals surface area contributed by atoms with E-state index in [1.807, 2.05) is 6.07 Å². The zero-order valence-corrected chi connectivity index (χ0v) is 9.40. The maximum absolute atomic E-state index is 8.69. The second-order valence-corrected chi connectivity index (χ2v) is 3.32. The molecule has 0 amide bonds. The maximum Gasteiger partial charge on any atom is 0.121 e. The minimum atomic E-state index is 0.439. The fourth-order valence-electron chi connectivity index (χ4n) is 1.20. The Kier molecular flexibility index (Phi) is 5.17. The summed E-state index contributed by atoms with van der Waals surface area (Å²) >= 11 is 0. The van der Waals surface area contributed by atoms with Crippen molar-refractivity contribution >= 4 is 5.69 Å². The average molecular weight is 220 g/mol. The quantitative estimate of drug-likeness (QED) is 0.587. The first-order valence-electron chi connectivity index (χ1n) is 5.28. The molecule has 2 N–H and O–H groups in total. The second-order valence-electron chi connectivity index (χ2n) is 3.32. The lowest BCUT2D eigenvalue weighted by molar-refractivity contribution is 0.101. The number of anilines is 1. The van der Waals surface area contributed by atoms with Crippen molar-refractivity contribution in [3.8, 4) is 11.8 Å². The number of hydrogen-bond donors (Lipinski definition) is 1. The number of nitrogens with two attached hydrogens (primary N) is 1. The standard InChI is InChI=1S/C12H16N2O2/c1-2-5-15-6-7-16-11-4-3-10(9-13)12(14)8-11/h3-4,8H,2,5-7,14H2,1H3. The van der Waals surface area contributed by atoms with E-state index in [-0.39, 0.29) is 0 Å². The van der Waals surface area contributed by atoms with Crippen molar-refractivity contribution in [2.75, 3.05) is 25.6 Å². The summed E-state index contributed by atoms with van der Waals surface area (Å²) in [5.74, 6) is 0.664. The van der Waals surface area contributed by atoms with Crippen molar-refractivity contribution < 1.29 is 9.47 Å². The molecule has 0 radical (unpaired) electrons. The third-order valence-corrected chi connectivity index (χ3v) is 1.99. The molecule has 0 heterocycles. The van der Waals surface area contributed by atoms with E-state index in [9.17, 15) is 0 Å². The molecule has 0 atom stereocenters. The first-order chi connectivity index (χ1) is 7.77. The molecule has 0 saturated carbocycles. The molecule has 0 aliphatic heterocycles. The minimum absolute atomic E-state index is 0.439. The van der Waals surface area contributed by atoms with Crippen molar-refractivity contribution in [3.63, 3.8) is 0 Å². The van der Waals surface area contributed by atoms with Crippen molar-refractivity contribution in [1.82, 2.24) is 0 Å². The molecule has 0 saturated heterocycles. The Balaban J connectivity index is 2.38. The highest BCUT2D eigenvalue weighted by Gasteiger charge is 2.00. The Labute approximate surface area is 95.6 Å². The van der Waals surface area contributed by atoms with Crippen LogP contribution in [-0.2, 0) is 4.74 Å². The van der Waals surface area contributed by atoms with Gasteiger partial charge in [0, 0.05) is 12.7 Å². The summed E-state index contributed by atoms with van der Waals surface area (Å²) < 4.78 is 10.7. The molecule has 1 aromatic rings. The highest BCUT2D eigenvalue weighted by Crippen LogP contribution is 2.18. The third-order valence-electron chi connectivity index (χ3n) is 1.99. The Morgan fingerprint density at radius 2 is 2.12 bits per heavy atom. The monoisotopic (exact) mass is 220 g/mol. The molecule has 0 aromatic heterocycles. The number of nitrogens with zero attached hydrogens (tertiary/aromatic N) is 1. The maximum atomic E-state index is 8.69. The van der Waals surface area contributed by atoms with E-state index in [2.05, 4.69) is 6.92 Å². The highest BCUT2D eigenvalue weighted by molar-refractivity contribution is 5.56. The van der Waals surface area contributed by atoms with Gasteiger partial charge in [0.05, 0.1) is 17.9 Å². The molecule has 1 aromatic carbocycles. The lowest BCUT2D eigenvalue weighted by atomic mass is 10.2. The summed E-state index contributed by atoms with van der Waals surface area (Å²) in [6, 6.07) is 7.03. The van der Waals surface area contributed by atoms with Gasteiger partial charge in [-0.3, -0.25) is 0 Å². The predicted molar refractivity (Wildman–Crippen MR) is 62.2 cm³/mol. The number of rotatable bonds is 6. The molecule has 0 fully saturated rings. The topological polar surface area (TPSA) is 68.3 Å². The van der Waals surface area contributed by atoms with Gasteiger partial charge in [-0.25, -0.2) is 0 Å². The van der Waals surface area contributed by atoms with Crippen LogP contribution in [0.2, 0.25) is 0 Å². The Morgan fingerprint density at radius 1 is 1.31 bits per heavy atom. The smallest absolute Gasteiger partial charge is 0.121 e. The van der Waals surface area contributed by atoms with E-state index in [1.54, 1.807) is 18.2 Å². The molecule has 0 aliphatic carbocycles. The van der Waals surface area contributed by atoms with Crippen LogP contribution < -0.4 is 10.5 Å². The van der Waals surface area contributed by atoms with Crippen molar-refractivity contribution in [2.45, 2.75) is 13.3 Å². The van der Waals surface area contributed by atoms with Crippen LogP contribution >= 0.6 is 0 Å². The van der Waals surface area contributed by atoms with Crippen molar-refractivity contribution in [3.05, 3.63) is 23.8 Å². The number of hydrogen-bond acceptors (Lipinski definition) is 4. The molecule has 4 nitrogen and oxygen atoms in total. The van der Waals surface area contributed by atoms with Crippen LogP contribution in [0.4, 0.5) is 5.69 Å². The molecule has 16 heavy (non-hydrogen) atoms. The van der Waals surface area contributed by atoms with E-state index in [0.29, 0.717) is 30.2 Å². The van der Waals surface area contributed by atoms with Crippen LogP contribution in [0.3, 0.4) is 0 Å². The average Bonchev–Trinajstić information content (AvgIpc) is 2.29. The van der Waals surface area contributed by atoms with Gasteiger partial charge in [-0.15, -0.1) is 0 Å². The van der Waals surface area contributed by atoms with Gasteiger partial charge in [0.15, 0.2) is 0 Å². The fourth-order valence-corrected chi connectivity index (χ4v) is 1.20. The number of nitrogen functional groups attached to an aromatic ring is 1. The Bertz CT molecular complexity index is 372. The number of nitriles is 1. The van der Waals surface area contributed by atoms with Crippen molar-refractivity contribution in [1.29, 1.82) is 5.26 Å². The van der Waals surface area contributed by atoms with Gasteiger partial charge >= 0.3 is 0 Å². The SMILES string of the molecule is CCCOCCOc1ccc(C#N)c(N)c1. The largest absolute Gasteiger partial charge is 0.491 e. The summed E-state index contributed by atoms with van der Waals surface area (Å²) in [6.45, 7) is 3.86. The van der Waals surface area contributed by atoms with E-state index >= 15 is 0 Å². The van der Waals surface area contributed by atoms with Crippen LogP contribution in [0.15, 0.2) is 18.2 Å². The zero-order valence-electron chi connectivity index (χ0n) is 9.40. The van der Waals surface area contributed by atoms with Gasteiger partial charge in [-0.1, -0.05) is 6.92 Å². The van der Waals surface area contributed by atoms with Crippen LogP contribution in [0, 0.1) is 11.3 Å². The minimum Gasteiger partial charge on any atom is -0.491 e. The first-order valence-corrected chi connectivity index (χ1v) is 5.28. The van der Waals surface area contributed by atoms with E-state index in [0.717, 1.165) is 13.0 Å². The number of ether oxygens (including phenoxy) is 2. The molecule has 0 unspecified atom stereocenters. The summed E-state index contributed by atoms with van der Waals surface area (Å²) in [6.07, 6.45) is 1.00. The molecule has 0 bridgehead atoms. The van der Waals surface area contributed by atoms with E-state index in [1.165, 1.54) is 0 Å². The van der Waals surface area contributed by atoms with Gasteiger partial charge in [-0.2, -0.15) is 5.26 Å². The normalized spacial score (nSPS) is 9.75. The molecular formula is C12H16N2O2. The molecule has 0 aliphatic rings. The van der Waals surface area contributed by atoms with Gasteiger partial charge in [0.2, 0.25) is 0 Å². The van der Waals surface area contributed by atoms with E-state index in [4.69, 9.17) is 20.5 Å². The summed E-state index contributed by atoms with van der Waals surface area (Å²) in [5, 5.41) is 8.69. The molecule has 86 valence electrons. The van der Waals surface area contributed by atoms with Crippen LogP contribution in [-0.4, -0.2) is 19.8 Å². The second kappa shape index (κ2) is 6.70. The van der Waals surface area contributed by atoms with Crippen molar-refractivity contribution in [2.24, 2.45) is 0 Å². The first kappa shape index (κ1) is 12.3. The summed E-state index contributed by atoms with van der Waals surface area (Å²) in [5.41, 5.74) is 6.56. The molecule has 1 rings (SSSR count). The molecule has 4 heteroatoms. The predicted octanol–water partition coefficient (Wildman–Crippen LogP) is 1.95. The number of benzene rings is 1. The molecule has 0 spiro atoms. The Hall–Kier alpha value is -1.73. The Morgan fingerprint density at radius 3 is 2.75 bits per heavy atom. The summed E-state index contributed by atoms with van der Waals surface area (Å²) in [4.78, 5) is 0. The van der Waals surface area contributed by atoms with Gasteiger partial charge in [0.1, 0.15) is 18.4 Å². The highest BCUT2D eigenvalue weighted by atomic mass is 16.5. The summed E-state index contributed by atoms with van der Waals surface area (Å²) in [7, 11) is 0.